The van der Waals surface area contributed by atoms with Crippen molar-refractivity contribution in [1.29, 1.82) is 0 Å². The zero-order chi connectivity index (χ0) is 20.6. The summed E-state index contributed by atoms with van der Waals surface area (Å²) in [5, 5.41) is 2.97. The molecule has 1 aliphatic rings. The Balaban J connectivity index is 1.56. The van der Waals surface area contributed by atoms with Crippen molar-refractivity contribution in [3.63, 3.8) is 0 Å². The number of morpholine rings is 1. The van der Waals surface area contributed by atoms with Crippen LogP contribution >= 0.6 is 0 Å². The molecule has 0 spiro atoms. The van der Waals surface area contributed by atoms with Crippen molar-refractivity contribution in [2.75, 3.05) is 54.1 Å². The first-order valence-corrected chi connectivity index (χ1v) is 9.63. The first kappa shape index (κ1) is 21.0. The van der Waals surface area contributed by atoms with Crippen LogP contribution in [0, 0.1) is 0 Å². The summed E-state index contributed by atoms with van der Waals surface area (Å²) in [5.41, 5.74) is 1.64. The lowest BCUT2D eigenvalue weighted by Gasteiger charge is -2.33. The minimum atomic E-state index is -0.183. The van der Waals surface area contributed by atoms with Gasteiger partial charge in [0.2, 0.25) is 5.75 Å². The number of ether oxygens (including phenoxy) is 4. The third-order valence-electron chi connectivity index (χ3n) is 4.96. The molecule has 0 bridgehead atoms. The van der Waals surface area contributed by atoms with E-state index in [1.165, 1.54) is 26.9 Å². The van der Waals surface area contributed by atoms with Crippen molar-refractivity contribution in [3.8, 4) is 17.2 Å². The predicted molar refractivity (Wildman–Crippen MR) is 110 cm³/mol. The fourth-order valence-electron chi connectivity index (χ4n) is 3.42. The SMILES string of the molecule is COc1cc(C(=O)NCCN2CCO[C@@H](c3ccccc3)C2)cc(OC)c1OC. The number of carbonyl (C=O) groups excluding carboxylic acids is 1. The van der Waals surface area contributed by atoms with Gasteiger partial charge in [-0.25, -0.2) is 0 Å². The molecule has 7 nitrogen and oxygen atoms in total. The van der Waals surface area contributed by atoms with Crippen molar-refractivity contribution < 1.29 is 23.7 Å². The maximum Gasteiger partial charge on any atom is 0.251 e. The van der Waals surface area contributed by atoms with Gasteiger partial charge in [0.25, 0.3) is 5.91 Å². The van der Waals surface area contributed by atoms with Gasteiger partial charge in [0.05, 0.1) is 34.0 Å². The Labute approximate surface area is 171 Å². The Hall–Kier alpha value is -2.77. The molecule has 1 fully saturated rings. The molecule has 2 aromatic carbocycles. The average molecular weight is 400 g/mol. The summed E-state index contributed by atoms with van der Waals surface area (Å²) in [5.74, 6) is 1.19. The Kier molecular flexibility index (Phi) is 7.32. The highest BCUT2D eigenvalue weighted by Crippen LogP contribution is 2.38. The lowest BCUT2D eigenvalue weighted by Crippen LogP contribution is -2.42. The molecule has 0 unspecified atom stereocenters. The third kappa shape index (κ3) is 5.19. The quantitative estimate of drug-likeness (QED) is 0.734. The van der Waals surface area contributed by atoms with E-state index in [2.05, 4.69) is 22.3 Å². The molecule has 0 radical (unpaired) electrons. The first-order valence-electron chi connectivity index (χ1n) is 9.63. The lowest BCUT2D eigenvalue weighted by molar-refractivity contribution is -0.0293. The standard InChI is InChI=1S/C22H28N2O5/c1-26-18-13-17(14-19(27-2)21(18)28-3)22(25)23-9-10-24-11-12-29-20(15-24)16-7-5-4-6-8-16/h4-8,13-14,20H,9-12,15H2,1-3H3,(H,23,25)/t20-/m1/s1. The molecule has 3 rings (SSSR count). The molecular weight excluding hydrogens is 372 g/mol. The van der Waals surface area contributed by atoms with Crippen LogP contribution in [0.4, 0.5) is 0 Å². The fraction of sp³-hybridized carbons (Fsp3) is 0.409. The Morgan fingerprint density at radius 1 is 1.10 bits per heavy atom. The molecule has 7 heteroatoms. The second-order valence-corrected chi connectivity index (χ2v) is 6.74. The van der Waals surface area contributed by atoms with E-state index < -0.39 is 0 Å². The maximum atomic E-state index is 12.6. The minimum absolute atomic E-state index is 0.0655. The Bertz CT molecular complexity index is 787. The van der Waals surface area contributed by atoms with Crippen molar-refractivity contribution in [1.82, 2.24) is 10.2 Å². The summed E-state index contributed by atoms with van der Waals surface area (Å²) < 4.78 is 21.8. The number of methoxy groups -OCH3 is 3. The van der Waals surface area contributed by atoms with Crippen LogP contribution in [-0.2, 0) is 4.74 Å². The maximum absolute atomic E-state index is 12.6. The Morgan fingerprint density at radius 3 is 2.41 bits per heavy atom. The molecule has 29 heavy (non-hydrogen) atoms. The van der Waals surface area contributed by atoms with Crippen LogP contribution in [0.5, 0.6) is 17.2 Å². The largest absolute Gasteiger partial charge is 0.493 e. The summed E-state index contributed by atoms with van der Waals surface area (Å²) in [6.07, 6.45) is 0.0655. The van der Waals surface area contributed by atoms with Crippen molar-refractivity contribution >= 4 is 5.91 Å². The van der Waals surface area contributed by atoms with E-state index in [1.807, 2.05) is 18.2 Å². The average Bonchev–Trinajstić information content (AvgIpc) is 2.78. The predicted octanol–water partition coefficient (Wildman–Crippen LogP) is 2.52. The highest BCUT2D eigenvalue weighted by molar-refractivity contribution is 5.95. The number of hydrogen-bond donors (Lipinski definition) is 1. The topological polar surface area (TPSA) is 69.3 Å². The van der Waals surface area contributed by atoms with E-state index >= 15 is 0 Å². The summed E-state index contributed by atoms with van der Waals surface area (Å²) in [7, 11) is 4.59. The van der Waals surface area contributed by atoms with Crippen LogP contribution < -0.4 is 19.5 Å². The number of nitrogens with zero attached hydrogens (tertiary/aromatic N) is 1. The highest BCUT2D eigenvalue weighted by Gasteiger charge is 2.22. The summed E-state index contributed by atoms with van der Waals surface area (Å²) in [6.45, 7) is 3.63. The molecule has 0 aliphatic carbocycles. The third-order valence-corrected chi connectivity index (χ3v) is 4.96. The molecule has 1 N–H and O–H groups in total. The molecule has 0 saturated carbocycles. The van der Waals surface area contributed by atoms with E-state index in [1.54, 1.807) is 12.1 Å². The number of hydrogen-bond acceptors (Lipinski definition) is 6. The fourth-order valence-corrected chi connectivity index (χ4v) is 3.42. The molecule has 0 aromatic heterocycles. The van der Waals surface area contributed by atoms with Gasteiger partial charge >= 0.3 is 0 Å². The highest BCUT2D eigenvalue weighted by atomic mass is 16.5. The summed E-state index contributed by atoms with van der Waals surface area (Å²) in [6, 6.07) is 13.5. The number of carbonyl (C=O) groups is 1. The van der Waals surface area contributed by atoms with Gasteiger partial charge in [0.1, 0.15) is 0 Å². The zero-order valence-electron chi connectivity index (χ0n) is 17.1. The van der Waals surface area contributed by atoms with Gasteiger partial charge in [0.15, 0.2) is 11.5 Å². The molecular formula is C22H28N2O5. The van der Waals surface area contributed by atoms with Gasteiger partial charge in [-0.2, -0.15) is 0 Å². The van der Waals surface area contributed by atoms with Gasteiger partial charge in [-0.15, -0.1) is 0 Å². The summed E-state index contributed by atoms with van der Waals surface area (Å²) in [4.78, 5) is 14.9. The molecule has 1 saturated heterocycles. The molecule has 1 heterocycles. The van der Waals surface area contributed by atoms with Gasteiger partial charge < -0.3 is 24.3 Å². The van der Waals surface area contributed by atoms with E-state index in [-0.39, 0.29) is 12.0 Å². The van der Waals surface area contributed by atoms with Crippen LogP contribution in [0.3, 0.4) is 0 Å². The minimum Gasteiger partial charge on any atom is -0.493 e. The van der Waals surface area contributed by atoms with E-state index in [0.717, 1.165) is 19.6 Å². The number of nitrogens with one attached hydrogen (secondary N) is 1. The van der Waals surface area contributed by atoms with Crippen LogP contribution in [0.25, 0.3) is 0 Å². The second kappa shape index (κ2) is 10.1. The van der Waals surface area contributed by atoms with Crippen molar-refractivity contribution in [2.24, 2.45) is 0 Å². The molecule has 2 aromatic rings. The van der Waals surface area contributed by atoms with E-state index in [9.17, 15) is 4.79 Å². The summed E-state index contributed by atoms with van der Waals surface area (Å²) >= 11 is 0. The van der Waals surface area contributed by atoms with E-state index in [0.29, 0.717) is 36.0 Å². The molecule has 1 amide bonds. The number of benzene rings is 2. The zero-order valence-corrected chi connectivity index (χ0v) is 17.1. The first-order chi connectivity index (χ1) is 14.2. The Morgan fingerprint density at radius 2 is 1.79 bits per heavy atom. The van der Waals surface area contributed by atoms with Crippen molar-refractivity contribution in [2.45, 2.75) is 6.10 Å². The monoisotopic (exact) mass is 400 g/mol. The van der Waals surface area contributed by atoms with Crippen molar-refractivity contribution in [3.05, 3.63) is 53.6 Å². The lowest BCUT2D eigenvalue weighted by atomic mass is 10.1. The van der Waals surface area contributed by atoms with Gasteiger partial charge in [-0.05, 0) is 17.7 Å². The molecule has 1 atom stereocenters. The van der Waals surface area contributed by atoms with Crippen LogP contribution in [0.1, 0.15) is 22.0 Å². The van der Waals surface area contributed by atoms with Crippen LogP contribution in [-0.4, -0.2) is 64.9 Å². The van der Waals surface area contributed by atoms with Crippen LogP contribution in [0.15, 0.2) is 42.5 Å². The van der Waals surface area contributed by atoms with Gasteiger partial charge in [-0.1, -0.05) is 30.3 Å². The number of rotatable bonds is 8. The van der Waals surface area contributed by atoms with E-state index in [4.69, 9.17) is 18.9 Å². The molecule has 1 aliphatic heterocycles. The normalized spacial score (nSPS) is 16.9. The second-order valence-electron chi connectivity index (χ2n) is 6.74. The van der Waals surface area contributed by atoms with Gasteiger partial charge in [-0.3, -0.25) is 9.69 Å². The van der Waals surface area contributed by atoms with Gasteiger partial charge in [0, 0.05) is 31.7 Å². The molecule has 156 valence electrons. The smallest absolute Gasteiger partial charge is 0.251 e. The van der Waals surface area contributed by atoms with Crippen LogP contribution in [0.2, 0.25) is 0 Å². The number of amides is 1.